The van der Waals surface area contributed by atoms with Gasteiger partial charge >= 0.3 is 0 Å². The number of halogens is 1. The molecule has 1 aliphatic rings. The zero-order valence-corrected chi connectivity index (χ0v) is 9.11. The lowest BCUT2D eigenvalue weighted by Crippen LogP contribution is -2.29. The maximum Gasteiger partial charge on any atom is 0.300 e. The van der Waals surface area contributed by atoms with Gasteiger partial charge < -0.3 is 0 Å². The maximum atomic E-state index is 11.5. The van der Waals surface area contributed by atoms with Crippen molar-refractivity contribution in [1.29, 1.82) is 5.26 Å². The van der Waals surface area contributed by atoms with Gasteiger partial charge in [-0.3, -0.25) is 14.5 Å². The van der Waals surface area contributed by atoms with Gasteiger partial charge in [-0.2, -0.15) is 5.26 Å². The number of carbonyl (C=O) groups excluding carboxylic acids is 2. The second kappa shape index (κ2) is 3.48. The van der Waals surface area contributed by atoms with Gasteiger partial charge in [-0.25, -0.2) is 0 Å². The molecule has 1 aromatic carbocycles. The van der Waals surface area contributed by atoms with Crippen molar-refractivity contribution in [3.8, 4) is 6.07 Å². The van der Waals surface area contributed by atoms with Crippen molar-refractivity contribution in [2.45, 2.75) is 0 Å². The van der Waals surface area contributed by atoms with Crippen LogP contribution in [0.3, 0.4) is 0 Å². The molecule has 1 heterocycles. The van der Waals surface area contributed by atoms with E-state index >= 15 is 0 Å². The number of carbonyl (C=O) groups is 2. The number of ketones is 1. The Morgan fingerprint density at radius 1 is 1.40 bits per heavy atom. The molecule has 0 aliphatic carbocycles. The highest BCUT2D eigenvalue weighted by atomic mass is 79.9. The van der Waals surface area contributed by atoms with Gasteiger partial charge in [0.05, 0.1) is 17.3 Å². The summed E-state index contributed by atoms with van der Waals surface area (Å²) in [4.78, 5) is 24.1. The Balaban J connectivity index is 2.57. The molecule has 0 N–H and O–H groups in total. The molecule has 0 bridgehead atoms. The van der Waals surface area contributed by atoms with E-state index in [9.17, 15) is 9.59 Å². The van der Waals surface area contributed by atoms with E-state index in [1.807, 2.05) is 6.07 Å². The monoisotopic (exact) mass is 264 g/mol. The van der Waals surface area contributed by atoms with Gasteiger partial charge in [0.1, 0.15) is 6.54 Å². The van der Waals surface area contributed by atoms with Crippen molar-refractivity contribution in [1.82, 2.24) is 0 Å². The summed E-state index contributed by atoms with van der Waals surface area (Å²) in [6.07, 6.45) is 0. The summed E-state index contributed by atoms with van der Waals surface area (Å²) in [7, 11) is 0. The van der Waals surface area contributed by atoms with Crippen molar-refractivity contribution in [2.24, 2.45) is 0 Å². The van der Waals surface area contributed by atoms with Gasteiger partial charge in [0.25, 0.3) is 11.7 Å². The van der Waals surface area contributed by atoms with Crippen LogP contribution in [0.1, 0.15) is 10.4 Å². The van der Waals surface area contributed by atoms with Gasteiger partial charge in [-0.1, -0.05) is 15.9 Å². The molecule has 0 saturated heterocycles. The molecule has 74 valence electrons. The van der Waals surface area contributed by atoms with Crippen LogP contribution in [-0.4, -0.2) is 18.2 Å². The third-order valence-corrected chi connectivity index (χ3v) is 2.66. The fourth-order valence-corrected chi connectivity index (χ4v) is 1.84. The number of hydrogen-bond donors (Lipinski definition) is 0. The number of rotatable bonds is 1. The molecule has 5 heteroatoms. The van der Waals surface area contributed by atoms with Crippen LogP contribution in [-0.2, 0) is 4.79 Å². The minimum absolute atomic E-state index is 0.103. The van der Waals surface area contributed by atoms with Crippen LogP contribution < -0.4 is 4.90 Å². The summed E-state index contributed by atoms with van der Waals surface area (Å²) >= 11 is 3.25. The molecule has 0 unspecified atom stereocenters. The molecular formula is C10H5BrN2O2. The lowest BCUT2D eigenvalue weighted by molar-refractivity contribution is -0.114. The Hall–Kier alpha value is -1.67. The molecule has 2 rings (SSSR count). The molecule has 1 amide bonds. The zero-order chi connectivity index (χ0) is 11.0. The first-order chi connectivity index (χ1) is 7.15. The third kappa shape index (κ3) is 1.43. The summed E-state index contributed by atoms with van der Waals surface area (Å²) in [6, 6.07) is 6.80. The average molecular weight is 265 g/mol. The molecule has 0 radical (unpaired) electrons. The minimum atomic E-state index is -0.635. The number of hydrogen-bond acceptors (Lipinski definition) is 3. The largest absolute Gasteiger partial charge is 0.300 e. The van der Waals surface area contributed by atoms with E-state index in [2.05, 4.69) is 15.9 Å². The molecule has 0 aromatic heterocycles. The Bertz CT molecular complexity index is 505. The van der Waals surface area contributed by atoms with Crippen molar-refractivity contribution >= 4 is 33.3 Å². The van der Waals surface area contributed by atoms with Gasteiger partial charge in [-0.15, -0.1) is 0 Å². The predicted octanol–water partition coefficient (Wildman–Crippen LogP) is 1.50. The second-order valence-corrected chi connectivity index (χ2v) is 3.96. The molecule has 0 spiro atoms. The molecule has 0 saturated carbocycles. The first kappa shape index (κ1) is 9.87. The molecule has 1 aliphatic heterocycles. The summed E-state index contributed by atoms with van der Waals surface area (Å²) in [5, 5.41) is 8.56. The molecule has 0 fully saturated rings. The first-order valence-corrected chi connectivity index (χ1v) is 4.97. The third-order valence-electron chi connectivity index (χ3n) is 2.16. The minimum Gasteiger partial charge on any atom is -0.291 e. The number of nitrogens with zero attached hydrogens (tertiary/aromatic N) is 2. The van der Waals surface area contributed by atoms with Crippen LogP contribution in [0.5, 0.6) is 0 Å². The van der Waals surface area contributed by atoms with Crippen LogP contribution in [0.15, 0.2) is 22.7 Å². The Morgan fingerprint density at radius 2 is 2.13 bits per heavy atom. The fraction of sp³-hybridized carbons (Fsp3) is 0.100. The van der Waals surface area contributed by atoms with Crippen molar-refractivity contribution in [3.05, 3.63) is 28.2 Å². The zero-order valence-electron chi connectivity index (χ0n) is 7.53. The number of anilines is 1. The normalized spacial score (nSPS) is 14.0. The number of fused-ring (bicyclic) bond motifs is 1. The number of nitriles is 1. The van der Waals surface area contributed by atoms with Gasteiger partial charge in [-0.05, 0) is 18.2 Å². The van der Waals surface area contributed by atoms with Gasteiger partial charge in [0.2, 0.25) is 0 Å². The topological polar surface area (TPSA) is 61.2 Å². The molecular weight excluding hydrogens is 260 g/mol. The lowest BCUT2D eigenvalue weighted by Gasteiger charge is -2.11. The van der Waals surface area contributed by atoms with E-state index in [0.717, 1.165) is 4.47 Å². The van der Waals surface area contributed by atoms with Crippen LogP contribution in [0.25, 0.3) is 0 Å². The van der Waals surface area contributed by atoms with E-state index in [0.29, 0.717) is 11.3 Å². The van der Waals surface area contributed by atoms with Crippen LogP contribution >= 0.6 is 15.9 Å². The molecule has 0 atom stereocenters. The predicted molar refractivity (Wildman–Crippen MR) is 56.4 cm³/mol. The summed E-state index contributed by atoms with van der Waals surface area (Å²) in [5.41, 5.74) is 0.861. The van der Waals surface area contributed by atoms with Gasteiger partial charge in [0.15, 0.2) is 0 Å². The van der Waals surface area contributed by atoms with Crippen molar-refractivity contribution in [3.63, 3.8) is 0 Å². The van der Waals surface area contributed by atoms with Crippen LogP contribution in [0, 0.1) is 11.3 Å². The molecule has 4 nitrogen and oxygen atoms in total. The highest BCUT2D eigenvalue weighted by molar-refractivity contribution is 9.10. The van der Waals surface area contributed by atoms with E-state index in [1.165, 1.54) is 4.90 Å². The highest BCUT2D eigenvalue weighted by Crippen LogP contribution is 2.31. The van der Waals surface area contributed by atoms with Gasteiger partial charge in [0, 0.05) is 4.47 Å². The summed E-state index contributed by atoms with van der Waals surface area (Å²) in [6.45, 7) is -0.103. The summed E-state index contributed by atoms with van der Waals surface area (Å²) in [5.74, 6) is -1.18. The van der Waals surface area contributed by atoms with Crippen LogP contribution in [0.2, 0.25) is 0 Å². The van der Waals surface area contributed by atoms with E-state index < -0.39 is 11.7 Å². The van der Waals surface area contributed by atoms with E-state index in [1.54, 1.807) is 18.2 Å². The number of Topliss-reactive ketones (excluding diaryl/α,β-unsaturated/α-hetero) is 1. The SMILES string of the molecule is N#CCN1C(=O)C(=O)c2ccc(Br)cc21. The second-order valence-electron chi connectivity index (χ2n) is 3.04. The van der Waals surface area contributed by atoms with Crippen LogP contribution in [0.4, 0.5) is 5.69 Å². The number of amides is 1. The van der Waals surface area contributed by atoms with E-state index in [-0.39, 0.29) is 6.54 Å². The Labute approximate surface area is 94.2 Å². The maximum absolute atomic E-state index is 11.5. The average Bonchev–Trinajstić information content (AvgIpc) is 2.44. The highest BCUT2D eigenvalue weighted by Gasteiger charge is 2.35. The lowest BCUT2D eigenvalue weighted by atomic mass is 10.1. The first-order valence-electron chi connectivity index (χ1n) is 4.18. The standard InChI is InChI=1S/C10H5BrN2O2/c11-6-1-2-7-8(5-6)13(4-3-12)10(15)9(7)14/h1-2,5H,4H2. The Kier molecular flexibility index (Phi) is 2.29. The van der Waals surface area contributed by atoms with E-state index in [4.69, 9.17) is 5.26 Å². The smallest absolute Gasteiger partial charge is 0.291 e. The molecule has 1 aromatic rings. The molecule has 15 heavy (non-hydrogen) atoms. The van der Waals surface area contributed by atoms with Crippen molar-refractivity contribution < 1.29 is 9.59 Å². The summed E-state index contributed by atoms with van der Waals surface area (Å²) < 4.78 is 0.770. The quantitative estimate of drug-likeness (QED) is 0.571. The van der Waals surface area contributed by atoms with Crippen molar-refractivity contribution in [2.75, 3.05) is 11.4 Å². The Morgan fingerprint density at radius 3 is 2.80 bits per heavy atom. The number of benzene rings is 1. The fourth-order valence-electron chi connectivity index (χ4n) is 1.49.